The maximum absolute atomic E-state index is 11.8. The zero-order valence-corrected chi connectivity index (χ0v) is 13.8. The van der Waals surface area contributed by atoms with Gasteiger partial charge in [0.2, 0.25) is 0 Å². The number of rotatable bonds is 6. The number of aromatic nitrogens is 3. The summed E-state index contributed by atoms with van der Waals surface area (Å²) in [6, 6.07) is 5.73. The van der Waals surface area contributed by atoms with Crippen LogP contribution in [0.1, 0.15) is 11.1 Å². The summed E-state index contributed by atoms with van der Waals surface area (Å²) < 4.78 is 6.97. The van der Waals surface area contributed by atoms with E-state index in [1.165, 1.54) is 0 Å². The highest BCUT2D eigenvalue weighted by Crippen LogP contribution is 2.23. The van der Waals surface area contributed by atoms with Gasteiger partial charge in [0.1, 0.15) is 5.75 Å². The Morgan fingerprint density at radius 1 is 1.38 bits per heavy atom. The molecule has 3 aromatic rings. The molecule has 3 N–H and O–H groups in total. The van der Waals surface area contributed by atoms with Crippen LogP contribution in [0, 0.1) is 0 Å². The number of nitrogens with zero attached hydrogens (tertiary/aromatic N) is 2. The molecule has 0 fully saturated rings. The molecule has 7 nitrogen and oxygen atoms in total. The van der Waals surface area contributed by atoms with E-state index in [1.54, 1.807) is 18.0 Å². The molecule has 0 aliphatic heterocycles. The van der Waals surface area contributed by atoms with Crippen LogP contribution in [0.4, 0.5) is 4.79 Å². The number of benzene rings is 1. The van der Waals surface area contributed by atoms with Crippen molar-refractivity contribution in [1.82, 2.24) is 25.4 Å². The van der Waals surface area contributed by atoms with Crippen molar-refractivity contribution < 1.29 is 9.53 Å². The topological polar surface area (TPSA) is 84.0 Å². The second kappa shape index (κ2) is 7.08. The molecule has 0 aliphatic rings. The monoisotopic (exact) mass is 327 g/mol. The van der Waals surface area contributed by atoms with Crippen LogP contribution in [0.15, 0.2) is 36.8 Å². The molecule has 0 unspecified atom stereocenters. The highest BCUT2D eigenvalue weighted by Gasteiger charge is 2.06. The number of hydrogen-bond donors (Lipinski definition) is 3. The standard InChI is InChI=1S/C17H21N5O2/c1-22-11-12(9-21-22)8-20-17(23)18-6-5-13-10-19-16-4-3-14(24-2)7-15(13)16/h3-4,7,9-11,19H,5-6,8H2,1-2H3,(H2,18,20,23). The van der Waals surface area contributed by atoms with Crippen molar-refractivity contribution in [3.8, 4) is 5.75 Å². The Kier molecular flexibility index (Phi) is 4.69. The van der Waals surface area contributed by atoms with E-state index in [2.05, 4.69) is 20.7 Å². The van der Waals surface area contributed by atoms with E-state index in [4.69, 9.17) is 4.74 Å². The van der Waals surface area contributed by atoms with Crippen molar-refractivity contribution in [2.75, 3.05) is 13.7 Å². The SMILES string of the molecule is COc1ccc2[nH]cc(CCNC(=O)NCc3cnn(C)c3)c2c1. The normalized spacial score (nSPS) is 10.8. The second-order valence-corrected chi connectivity index (χ2v) is 5.61. The minimum absolute atomic E-state index is 0.184. The number of amides is 2. The molecule has 0 saturated carbocycles. The molecular formula is C17H21N5O2. The van der Waals surface area contributed by atoms with Crippen molar-refractivity contribution in [2.24, 2.45) is 7.05 Å². The fourth-order valence-corrected chi connectivity index (χ4v) is 2.61. The fraction of sp³-hybridized carbons (Fsp3) is 0.294. The van der Waals surface area contributed by atoms with Gasteiger partial charge in [-0.3, -0.25) is 4.68 Å². The van der Waals surface area contributed by atoms with E-state index < -0.39 is 0 Å². The van der Waals surface area contributed by atoms with Gasteiger partial charge in [0.15, 0.2) is 0 Å². The van der Waals surface area contributed by atoms with Gasteiger partial charge in [-0.05, 0) is 30.2 Å². The first-order valence-corrected chi connectivity index (χ1v) is 7.79. The van der Waals surface area contributed by atoms with Crippen LogP contribution in [0.25, 0.3) is 10.9 Å². The van der Waals surface area contributed by atoms with Gasteiger partial charge in [-0.15, -0.1) is 0 Å². The third-order valence-electron chi connectivity index (χ3n) is 3.87. The highest BCUT2D eigenvalue weighted by molar-refractivity contribution is 5.84. The minimum Gasteiger partial charge on any atom is -0.497 e. The Bertz CT molecular complexity index is 836. The van der Waals surface area contributed by atoms with E-state index in [0.717, 1.165) is 34.2 Å². The van der Waals surface area contributed by atoms with Gasteiger partial charge < -0.3 is 20.4 Å². The van der Waals surface area contributed by atoms with E-state index in [1.807, 2.05) is 37.6 Å². The summed E-state index contributed by atoms with van der Waals surface area (Å²) in [5, 5.41) is 10.9. The first-order chi connectivity index (χ1) is 11.7. The van der Waals surface area contributed by atoms with Crippen molar-refractivity contribution in [1.29, 1.82) is 0 Å². The molecule has 0 aliphatic carbocycles. The molecule has 0 saturated heterocycles. The van der Waals surface area contributed by atoms with Gasteiger partial charge in [0.25, 0.3) is 0 Å². The number of H-pyrrole nitrogens is 1. The number of nitrogens with one attached hydrogen (secondary N) is 3. The Morgan fingerprint density at radius 3 is 3.00 bits per heavy atom. The Hall–Kier alpha value is -2.96. The summed E-state index contributed by atoms with van der Waals surface area (Å²) in [5.74, 6) is 0.825. The minimum atomic E-state index is -0.184. The molecule has 2 heterocycles. The predicted octanol–water partition coefficient (Wildman–Crippen LogP) is 1.95. The lowest BCUT2D eigenvalue weighted by molar-refractivity contribution is 0.240. The van der Waals surface area contributed by atoms with Crippen LogP contribution < -0.4 is 15.4 Å². The van der Waals surface area contributed by atoms with Crippen molar-refractivity contribution in [3.05, 3.63) is 47.9 Å². The first-order valence-electron chi connectivity index (χ1n) is 7.79. The van der Waals surface area contributed by atoms with Crippen molar-refractivity contribution in [2.45, 2.75) is 13.0 Å². The number of fused-ring (bicyclic) bond motifs is 1. The number of aryl methyl sites for hydroxylation is 1. The van der Waals surface area contributed by atoms with Crippen LogP contribution in [0.3, 0.4) is 0 Å². The molecule has 0 atom stereocenters. The summed E-state index contributed by atoms with van der Waals surface area (Å²) in [6.07, 6.45) is 6.33. The van der Waals surface area contributed by atoms with Crippen molar-refractivity contribution in [3.63, 3.8) is 0 Å². The smallest absolute Gasteiger partial charge is 0.315 e. The molecule has 2 aromatic heterocycles. The highest BCUT2D eigenvalue weighted by atomic mass is 16.5. The summed E-state index contributed by atoms with van der Waals surface area (Å²) in [7, 11) is 3.50. The molecule has 2 amide bonds. The Labute approximate surface area is 140 Å². The van der Waals surface area contributed by atoms with Crippen LogP contribution in [0.5, 0.6) is 5.75 Å². The average Bonchev–Trinajstić information content (AvgIpc) is 3.19. The van der Waals surface area contributed by atoms with Gasteiger partial charge >= 0.3 is 6.03 Å². The lowest BCUT2D eigenvalue weighted by Crippen LogP contribution is -2.36. The quantitative estimate of drug-likeness (QED) is 0.647. The molecule has 3 rings (SSSR count). The molecule has 1 aromatic carbocycles. The van der Waals surface area contributed by atoms with Gasteiger partial charge in [-0.2, -0.15) is 5.10 Å². The van der Waals surface area contributed by atoms with Crippen LogP contribution in [0.2, 0.25) is 0 Å². The first kappa shape index (κ1) is 15.9. The predicted molar refractivity (Wildman–Crippen MR) is 92.0 cm³/mol. The largest absolute Gasteiger partial charge is 0.497 e. The number of carbonyl (C=O) groups is 1. The summed E-state index contributed by atoms with van der Waals surface area (Å²) in [4.78, 5) is 15.1. The third kappa shape index (κ3) is 3.68. The zero-order chi connectivity index (χ0) is 16.9. The van der Waals surface area contributed by atoms with Crippen LogP contribution in [-0.4, -0.2) is 34.5 Å². The van der Waals surface area contributed by atoms with E-state index >= 15 is 0 Å². The molecule has 126 valence electrons. The number of ether oxygens (including phenoxy) is 1. The summed E-state index contributed by atoms with van der Waals surface area (Å²) in [5.41, 5.74) is 3.18. The summed E-state index contributed by atoms with van der Waals surface area (Å²) in [6.45, 7) is 1.02. The zero-order valence-electron chi connectivity index (χ0n) is 13.8. The molecule has 24 heavy (non-hydrogen) atoms. The molecule has 7 heteroatoms. The van der Waals surface area contributed by atoms with Crippen molar-refractivity contribution >= 4 is 16.9 Å². The molecular weight excluding hydrogens is 306 g/mol. The van der Waals surface area contributed by atoms with Crippen LogP contribution >= 0.6 is 0 Å². The van der Waals surface area contributed by atoms with Gasteiger partial charge in [0.05, 0.1) is 13.3 Å². The molecule has 0 radical (unpaired) electrons. The van der Waals surface area contributed by atoms with Gasteiger partial charge in [-0.1, -0.05) is 0 Å². The molecule has 0 bridgehead atoms. The maximum atomic E-state index is 11.8. The number of hydrogen-bond acceptors (Lipinski definition) is 3. The lowest BCUT2D eigenvalue weighted by atomic mass is 10.1. The lowest BCUT2D eigenvalue weighted by Gasteiger charge is -2.06. The Morgan fingerprint density at radius 2 is 2.25 bits per heavy atom. The van der Waals surface area contributed by atoms with Gasteiger partial charge in [0, 0.05) is 49.0 Å². The average molecular weight is 327 g/mol. The number of methoxy groups -OCH3 is 1. The third-order valence-corrected chi connectivity index (χ3v) is 3.87. The second-order valence-electron chi connectivity index (χ2n) is 5.61. The van der Waals surface area contributed by atoms with E-state index in [-0.39, 0.29) is 6.03 Å². The fourth-order valence-electron chi connectivity index (χ4n) is 2.61. The maximum Gasteiger partial charge on any atom is 0.315 e. The van der Waals surface area contributed by atoms with Gasteiger partial charge in [-0.25, -0.2) is 4.79 Å². The van der Waals surface area contributed by atoms with Crippen LogP contribution in [-0.2, 0) is 20.0 Å². The van der Waals surface area contributed by atoms with E-state index in [0.29, 0.717) is 13.1 Å². The summed E-state index contributed by atoms with van der Waals surface area (Å²) >= 11 is 0. The number of aromatic amines is 1. The number of carbonyl (C=O) groups excluding carboxylic acids is 1. The number of urea groups is 1. The van der Waals surface area contributed by atoms with E-state index in [9.17, 15) is 4.79 Å². The Balaban J connectivity index is 1.50. The molecule has 0 spiro atoms.